The van der Waals surface area contributed by atoms with Gasteiger partial charge >= 0.3 is 0 Å². The minimum atomic E-state index is 0.659. The van der Waals surface area contributed by atoms with Gasteiger partial charge in [-0.2, -0.15) is 0 Å². The molecule has 0 N–H and O–H groups in total. The molecule has 0 heteroatoms. The molecule has 0 fully saturated rings. The molecule has 0 aromatic carbocycles. The van der Waals surface area contributed by atoms with Gasteiger partial charge in [0.05, 0.1) is 0 Å². The first-order valence-corrected chi connectivity index (χ1v) is 4.15. The Morgan fingerprint density at radius 2 is 0.900 bits per heavy atom. The molecule has 0 heterocycles. The van der Waals surface area contributed by atoms with Crippen molar-refractivity contribution >= 4 is 0 Å². The molecule has 0 amide bonds. The lowest BCUT2D eigenvalue weighted by molar-refractivity contribution is 0.827. The molecule has 0 aliphatic heterocycles. The van der Waals surface area contributed by atoms with Crippen LogP contribution in [0.5, 0.6) is 0 Å². The third kappa shape index (κ3) is 3.49. The van der Waals surface area contributed by atoms with Crippen LogP contribution in [0, 0.1) is 11.8 Å². The van der Waals surface area contributed by atoms with Gasteiger partial charge in [0.1, 0.15) is 0 Å². The predicted octanol–water partition coefficient (Wildman–Crippen LogP) is 3.41. The van der Waals surface area contributed by atoms with E-state index >= 15 is 0 Å². The van der Waals surface area contributed by atoms with Crippen LogP contribution in [-0.4, -0.2) is 0 Å². The zero-order valence-electron chi connectivity index (χ0n) is 7.46. The summed E-state index contributed by atoms with van der Waals surface area (Å²) in [5.41, 5.74) is 0. The van der Waals surface area contributed by atoms with Crippen LogP contribution in [0.4, 0.5) is 0 Å². The van der Waals surface area contributed by atoms with Gasteiger partial charge < -0.3 is 0 Å². The third-order valence-electron chi connectivity index (χ3n) is 1.44. The lowest BCUT2D eigenvalue weighted by Crippen LogP contribution is -1.93. The van der Waals surface area contributed by atoms with Crippen molar-refractivity contribution in [3.05, 3.63) is 24.3 Å². The molecular weight excluding hydrogens is 120 g/mol. The molecule has 1 aliphatic rings. The summed E-state index contributed by atoms with van der Waals surface area (Å²) in [6.07, 6.45) is 8.96. The molecule has 0 atom stereocenters. The summed E-state index contributed by atoms with van der Waals surface area (Å²) in [5.74, 6) is 1.32. The monoisotopic (exact) mass is 138 g/mol. The molecule has 0 bridgehead atoms. The lowest BCUT2D eigenvalue weighted by Gasteiger charge is -2.07. The van der Waals surface area contributed by atoms with Gasteiger partial charge in [-0.1, -0.05) is 52.0 Å². The number of hydrogen-bond donors (Lipinski definition) is 0. The van der Waals surface area contributed by atoms with Gasteiger partial charge in [0, 0.05) is 0 Å². The van der Waals surface area contributed by atoms with Crippen LogP contribution in [-0.2, 0) is 0 Å². The summed E-state index contributed by atoms with van der Waals surface area (Å²) in [4.78, 5) is 0. The molecule has 58 valence electrons. The average molecular weight is 138 g/mol. The third-order valence-corrected chi connectivity index (χ3v) is 1.44. The maximum atomic E-state index is 2.24. The average Bonchev–Trinajstić information content (AvgIpc) is 2.00. The second kappa shape index (κ2) is 5.28. The van der Waals surface area contributed by atoms with Crippen molar-refractivity contribution < 1.29 is 0 Å². The van der Waals surface area contributed by atoms with Gasteiger partial charge in [0.2, 0.25) is 0 Å². The molecule has 1 rings (SSSR count). The van der Waals surface area contributed by atoms with Crippen LogP contribution >= 0.6 is 0 Å². The standard InChI is InChI=1S/C8H12.C2H6/c1-7-3-5-8(2)6-4-7;1-2/h3-8H,1-2H3;1-2H3. The van der Waals surface area contributed by atoms with Crippen LogP contribution in [0.25, 0.3) is 0 Å². The Kier molecular flexibility index (Phi) is 5.00. The molecule has 0 aromatic rings. The van der Waals surface area contributed by atoms with Crippen LogP contribution < -0.4 is 0 Å². The smallest absolute Gasteiger partial charge is 0.00815 e. The fourth-order valence-electron chi connectivity index (χ4n) is 0.829. The summed E-state index contributed by atoms with van der Waals surface area (Å²) in [5, 5.41) is 0. The molecule has 10 heavy (non-hydrogen) atoms. The zero-order valence-corrected chi connectivity index (χ0v) is 7.46. The first-order chi connectivity index (χ1) is 4.79. The largest absolute Gasteiger partial charge is 0.0813 e. The van der Waals surface area contributed by atoms with Crippen molar-refractivity contribution in [2.45, 2.75) is 27.7 Å². The summed E-state index contributed by atoms with van der Waals surface area (Å²) < 4.78 is 0. The van der Waals surface area contributed by atoms with Crippen LogP contribution in [0.1, 0.15) is 27.7 Å². The molecule has 0 radical (unpaired) electrons. The summed E-state index contributed by atoms with van der Waals surface area (Å²) >= 11 is 0. The Morgan fingerprint density at radius 1 is 0.700 bits per heavy atom. The minimum Gasteiger partial charge on any atom is -0.0813 e. The van der Waals surface area contributed by atoms with Crippen molar-refractivity contribution in [1.82, 2.24) is 0 Å². The van der Waals surface area contributed by atoms with Gasteiger partial charge in [-0.25, -0.2) is 0 Å². The second-order valence-electron chi connectivity index (χ2n) is 2.49. The SMILES string of the molecule is CC.CC1C=CC(C)C=C1. The Hall–Kier alpha value is -0.520. The maximum Gasteiger partial charge on any atom is -0.00815 e. The summed E-state index contributed by atoms with van der Waals surface area (Å²) in [7, 11) is 0. The highest BCUT2D eigenvalue weighted by Crippen LogP contribution is 2.12. The van der Waals surface area contributed by atoms with Gasteiger partial charge in [-0.05, 0) is 11.8 Å². The van der Waals surface area contributed by atoms with Crippen molar-refractivity contribution in [2.75, 3.05) is 0 Å². The van der Waals surface area contributed by atoms with E-state index in [9.17, 15) is 0 Å². The Bertz CT molecular complexity index is 92.0. The molecular formula is C10H18. The normalized spacial score (nSPS) is 29.2. The van der Waals surface area contributed by atoms with Crippen LogP contribution in [0.2, 0.25) is 0 Å². The zero-order chi connectivity index (χ0) is 7.98. The summed E-state index contributed by atoms with van der Waals surface area (Å²) in [6.45, 7) is 8.39. The predicted molar refractivity (Wildman–Crippen MR) is 48.0 cm³/mol. The molecule has 0 unspecified atom stereocenters. The van der Waals surface area contributed by atoms with Gasteiger partial charge in [-0.3, -0.25) is 0 Å². The van der Waals surface area contributed by atoms with E-state index in [0.29, 0.717) is 11.8 Å². The van der Waals surface area contributed by atoms with E-state index in [-0.39, 0.29) is 0 Å². The van der Waals surface area contributed by atoms with Crippen molar-refractivity contribution in [2.24, 2.45) is 11.8 Å². The molecule has 0 nitrogen and oxygen atoms in total. The van der Waals surface area contributed by atoms with Gasteiger partial charge in [-0.15, -0.1) is 0 Å². The maximum absolute atomic E-state index is 2.24. The van der Waals surface area contributed by atoms with E-state index in [1.807, 2.05) is 13.8 Å². The first-order valence-electron chi connectivity index (χ1n) is 4.15. The van der Waals surface area contributed by atoms with Gasteiger partial charge in [0.25, 0.3) is 0 Å². The van der Waals surface area contributed by atoms with Crippen LogP contribution in [0.15, 0.2) is 24.3 Å². The summed E-state index contributed by atoms with van der Waals surface area (Å²) in [6, 6.07) is 0. The minimum absolute atomic E-state index is 0.659. The topological polar surface area (TPSA) is 0 Å². The molecule has 0 spiro atoms. The number of allylic oxidation sites excluding steroid dienone is 4. The fraction of sp³-hybridized carbons (Fsp3) is 0.600. The quantitative estimate of drug-likeness (QED) is 0.450. The van der Waals surface area contributed by atoms with Crippen molar-refractivity contribution in [1.29, 1.82) is 0 Å². The lowest BCUT2D eigenvalue weighted by atomic mass is 9.99. The highest BCUT2D eigenvalue weighted by molar-refractivity contribution is 5.10. The molecule has 1 aliphatic carbocycles. The molecule has 0 saturated carbocycles. The van der Waals surface area contributed by atoms with Crippen molar-refractivity contribution in [3.63, 3.8) is 0 Å². The number of hydrogen-bond acceptors (Lipinski definition) is 0. The van der Waals surface area contributed by atoms with Crippen LogP contribution in [0.3, 0.4) is 0 Å². The Morgan fingerprint density at radius 3 is 1.10 bits per heavy atom. The van der Waals surface area contributed by atoms with E-state index in [4.69, 9.17) is 0 Å². The van der Waals surface area contributed by atoms with Gasteiger partial charge in [0.15, 0.2) is 0 Å². The van der Waals surface area contributed by atoms with E-state index in [1.165, 1.54) is 0 Å². The second-order valence-corrected chi connectivity index (χ2v) is 2.49. The number of rotatable bonds is 0. The highest BCUT2D eigenvalue weighted by Gasteiger charge is 1.98. The van der Waals surface area contributed by atoms with E-state index in [0.717, 1.165) is 0 Å². The highest BCUT2D eigenvalue weighted by atomic mass is 14.0. The Labute approximate surface area is 64.6 Å². The fourth-order valence-corrected chi connectivity index (χ4v) is 0.829. The van der Waals surface area contributed by atoms with E-state index in [2.05, 4.69) is 38.2 Å². The van der Waals surface area contributed by atoms with E-state index in [1.54, 1.807) is 0 Å². The molecule has 0 saturated heterocycles. The van der Waals surface area contributed by atoms with E-state index < -0.39 is 0 Å². The first kappa shape index (κ1) is 9.48. The Balaban J connectivity index is 0.000000371. The van der Waals surface area contributed by atoms with Crippen molar-refractivity contribution in [3.8, 4) is 0 Å². The molecule has 0 aromatic heterocycles.